The molecule has 2 nitrogen and oxygen atoms in total. The van der Waals surface area contributed by atoms with Gasteiger partial charge in [0.1, 0.15) is 0 Å². The number of para-hydroxylation sites is 2. The van der Waals surface area contributed by atoms with Crippen LogP contribution in [0.2, 0.25) is 0 Å². The summed E-state index contributed by atoms with van der Waals surface area (Å²) in [5, 5.41) is 2.55. The average Bonchev–Trinajstić information content (AvgIpc) is 3.57. The van der Waals surface area contributed by atoms with E-state index in [4.69, 9.17) is 0 Å². The van der Waals surface area contributed by atoms with E-state index in [0.29, 0.717) is 11.3 Å². The van der Waals surface area contributed by atoms with Gasteiger partial charge in [0.05, 0.1) is 11.0 Å². The molecule has 3 bridgehead atoms. The third-order valence-electron chi connectivity index (χ3n) is 14.1. The number of fused-ring (bicyclic) bond motifs is 3. The predicted octanol–water partition coefficient (Wildman–Crippen LogP) is 13.7. The van der Waals surface area contributed by atoms with E-state index in [0.717, 1.165) is 28.9 Å². The first kappa shape index (κ1) is 32.0. The fourth-order valence-electron chi connectivity index (χ4n) is 11.6. The van der Waals surface area contributed by atoms with Crippen LogP contribution in [0.15, 0.2) is 176 Å². The standard InChI is InChI=1S/C54H42N2/c1-2-11-38(12-3-1)39-13-8-16-46(30-39)55(45-25-23-42(24-26-45)53-34-37-27-28-54(36-53)43(29-37)33-44(54)35-53)47-17-9-14-40(31-47)41-15-10-18-48(32-41)56-51-21-6-4-19-49(51)50-20-5-7-22-52(50)56/h1-26,30-32,37,43-44H,29,33-36H2/t37-,43?,44-,53?,54?/m0/s1. The van der Waals surface area contributed by atoms with Crippen molar-refractivity contribution in [2.24, 2.45) is 23.2 Å². The van der Waals surface area contributed by atoms with Crippen LogP contribution >= 0.6 is 0 Å². The minimum Gasteiger partial charge on any atom is -0.310 e. The molecule has 5 atom stereocenters. The topological polar surface area (TPSA) is 8.17 Å². The SMILES string of the molecule is C1#CC23CC4(c5ccc(N(c6cccc(-c7ccccc7)c6)c6cccc(-c7cccc(-n8c9ccccc9c9ccccc98)c7)c6)cc5)C[C@@H]1CC2C[C@H]3C4. The van der Waals surface area contributed by atoms with Gasteiger partial charge in [-0.2, -0.15) is 0 Å². The molecule has 7 aromatic carbocycles. The Labute approximate surface area is 329 Å². The Morgan fingerprint density at radius 3 is 1.80 bits per heavy atom. The molecular weight excluding hydrogens is 677 g/mol. The number of aromatic nitrogens is 1. The van der Waals surface area contributed by atoms with E-state index in [1.165, 1.54) is 87.4 Å². The van der Waals surface area contributed by atoms with E-state index in [1.54, 1.807) is 0 Å². The average molecular weight is 719 g/mol. The van der Waals surface area contributed by atoms with Gasteiger partial charge in [-0.05, 0) is 138 Å². The quantitative estimate of drug-likeness (QED) is 0.149. The Hall–Kier alpha value is -6.30. The maximum atomic E-state index is 3.86. The van der Waals surface area contributed by atoms with Gasteiger partial charge >= 0.3 is 0 Å². The molecule has 268 valence electrons. The summed E-state index contributed by atoms with van der Waals surface area (Å²) in [5.74, 6) is 9.78. The molecule has 0 aliphatic heterocycles. The van der Waals surface area contributed by atoms with E-state index in [1.807, 2.05) is 0 Å². The van der Waals surface area contributed by atoms with E-state index >= 15 is 0 Å². The molecule has 3 saturated carbocycles. The third-order valence-corrected chi connectivity index (χ3v) is 14.1. The predicted molar refractivity (Wildman–Crippen MR) is 232 cm³/mol. The lowest BCUT2D eigenvalue weighted by Crippen LogP contribution is -2.46. The van der Waals surface area contributed by atoms with Crippen molar-refractivity contribution >= 4 is 38.9 Å². The lowest BCUT2D eigenvalue weighted by Gasteiger charge is -2.52. The van der Waals surface area contributed by atoms with Gasteiger partial charge in [-0.3, -0.25) is 0 Å². The second-order valence-electron chi connectivity index (χ2n) is 17.0. The summed E-state index contributed by atoms with van der Waals surface area (Å²) in [5.41, 5.74) is 13.9. The van der Waals surface area contributed by atoms with Crippen LogP contribution in [0.25, 0.3) is 49.7 Å². The molecule has 5 aliphatic rings. The number of benzene rings is 7. The molecule has 0 amide bonds. The summed E-state index contributed by atoms with van der Waals surface area (Å²) in [6.07, 6.45) is 6.52. The highest BCUT2D eigenvalue weighted by Gasteiger charge is 2.67. The zero-order chi connectivity index (χ0) is 36.8. The highest BCUT2D eigenvalue weighted by molar-refractivity contribution is 6.09. The van der Waals surface area contributed by atoms with E-state index in [-0.39, 0.29) is 5.41 Å². The molecule has 13 rings (SSSR count). The van der Waals surface area contributed by atoms with Gasteiger partial charge in [0, 0.05) is 44.9 Å². The summed E-state index contributed by atoms with van der Waals surface area (Å²) in [6.45, 7) is 0. The summed E-state index contributed by atoms with van der Waals surface area (Å²) in [7, 11) is 0. The Morgan fingerprint density at radius 2 is 1.11 bits per heavy atom. The second kappa shape index (κ2) is 12.1. The van der Waals surface area contributed by atoms with Crippen LogP contribution in [0.5, 0.6) is 0 Å². The van der Waals surface area contributed by atoms with E-state index in [2.05, 4.69) is 197 Å². The van der Waals surface area contributed by atoms with Gasteiger partial charge in [0.15, 0.2) is 0 Å². The Kier molecular flexibility index (Phi) is 6.91. The second-order valence-corrected chi connectivity index (χ2v) is 17.0. The molecule has 1 heterocycles. The molecule has 0 radical (unpaired) electrons. The van der Waals surface area contributed by atoms with Gasteiger partial charge in [0.25, 0.3) is 0 Å². The minimum absolute atomic E-state index is 0.245. The summed E-state index contributed by atoms with van der Waals surface area (Å²) < 4.78 is 2.40. The van der Waals surface area contributed by atoms with Gasteiger partial charge in [-0.1, -0.05) is 127 Å². The van der Waals surface area contributed by atoms with Crippen molar-refractivity contribution in [3.05, 3.63) is 181 Å². The molecule has 0 N–H and O–H groups in total. The van der Waals surface area contributed by atoms with Crippen LogP contribution in [-0.2, 0) is 5.41 Å². The Bertz CT molecular complexity index is 2840. The molecule has 2 heteroatoms. The van der Waals surface area contributed by atoms with Crippen LogP contribution in [0.3, 0.4) is 0 Å². The number of rotatable bonds is 7. The smallest absolute Gasteiger partial charge is 0.0541 e. The molecule has 56 heavy (non-hydrogen) atoms. The first-order valence-electron chi connectivity index (χ1n) is 20.4. The number of hydrogen-bond donors (Lipinski definition) is 0. The fourth-order valence-corrected chi connectivity index (χ4v) is 11.6. The first-order chi connectivity index (χ1) is 27.6. The molecular formula is C54H42N2. The lowest BCUT2D eigenvalue weighted by atomic mass is 9.51. The van der Waals surface area contributed by atoms with Crippen molar-refractivity contribution in [1.29, 1.82) is 0 Å². The lowest BCUT2D eigenvalue weighted by molar-refractivity contribution is 0.0132. The van der Waals surface area contributed by atoms with Crippen molar-refractivity contribution in [2.45, 2.75) is 37.5 Å². The monoisotopic (exact) mass is 718 g/mol. The third kappa shape index (κ3) is 4.77. The highest BCUT2D eigenvalue weighted by atomic mass is 15.1. The van der Waals surface area contributed by atoms with Crippen LogP contribution in [0.1, 0.15) is 37.7 Å². The Morgan fingerprint density at radius 1 is 0.500 bits per heavy atom. The van der Waals surface area contributed by atoms with Crippen molar-refractivity contribution in [3.63, 3.8) is 0 Å². The van der Waals surface area contributed by atoms with E-state index in [9.17, 15) is 0 Å². The molecule has 3 fully saturated rings. The first-order valence-corrected chi connectivity index (χ1v) is 20.4. The van der Waals surface area contributed by atoms with Gasteiger partial charge in [0.2, 0.25) is 0 Å². The maximum absolute atomic E-state index is 3.86. The molecule has 8 aromatic rings. The molecule has 5 aliphatic carbocycles. The van der Waals surface area contributed by atoms with Crippen LogP contribution in [-0.4, -0.2) is 4.57 Å². The largest absolute Gasteiger partial charge is 0.310 e. The van der Waals surface area contributed by atoms with E-state index < -0.39 is 0 Å². The Balaban J connectivity index is 0.957. The van der Waals surface area contributed by atoms with Gasteiger partial charge in [-0.15, -0.1) is 0 Å². The van der Waals surface area contributed by atoms with Gasteiger partial charge < -0.3 is 9.47 Å². The van der Waals surface area contributed by atoms with Gasteiger partial charge in [-0.25, -0.2) is 0 Å². The highest BCUT2D eigenvalue weighted by Crippen LogP contribution is 2.73. The van der Waals surface area contributed by atoms with Crippen LogP contribution < -0.4 is 4.90 Å². The zero-order valence-electron chi connectivity index (χ0n) is 31.4. The maximum Gasteiger partial charge on any atom is 0.0541 e. The molecule has 0 saturated heterocycles. The summed E-state index contributed by atoms with van der Waals surface area (Å²) in [6, 6.07) is 65.0. The van der Waals surface area contributed by atoms with Crippen LogP contribution in [0.4, 0.5) is 17.1 Å². The molecule has 1 spiro atoms. The zero-order valence-corrected chi connectivity index (χ0v) is 31.4. The number of nitrogens with zero attached hydrogens (tertiary/aromatic N) is 2. The van der Waals surface area contributed by atoms with Crippen molar-refractivity contribution in [1.82, 2.24) is 4.57 Å². The van der Waals surface area contributed by atoms with Crippen molar-refractivity contribution < 1.29 is 0 Å². The normalized spacial score (nSPS) is 24.0. The molecule has 1 aromatic heterocycles. The van der Waals surface area contributed by atoms with Crippen molar-refractivity contribution in [2.75, 3.05) is 4.90 Å². The summed E-state index contributed by atoms with van der Waals surface area (Å²) >= 11 is 0. The summed E-state index contributed by atoms with van der Waals surface area (Å²) in [4.78, 5) is 2.45. The molecule has 3 unspecified atom stereocenters. The number of hydrogen-bond acceptors (Lipinski definition) is 1. The fraction of sp³-hybridized carbons (Fsp3) is 0.185. The van der Waals surface area contributed by atoms with Crippen LogP contribution in [0, 0.1) is 35.0 Å². The number of anilines is 3. The van der Waals surface area contributed by atoms with Crippen molar-refractivity contribution in [3.8, 4) is 39.8 Å². The minimum atomic E-state index is 0.245.